The molecule has 3 rings (SSSR count). The Morgan fingerprint density at radius 3 is 2.21 bits per heavy atom. The molecule has 0 saturated carbocycles. The lowest BCUT2D eigenvalue weighted by atomic mass is 10.1. The van der Waals surface area contributed by atoms with Crippen LogP contribution in [0.4, 0.5) is 0 Å². The molecule has 0 fully saturated rings. The zero-order valence-corrected chi connectivity index (χ0v) is 18.2. The molecule has 2 aromatic carbocycles. The lowest BCUT2D eigenvalue weighted by Gasteiger charge is -2.22. The predicted molar refractivity (Wildman–Crippen MR) is 114 cm³/mol. The fourth-order valence-electron chi connectivity index (χ4n) is 2.61. The number of hydrogen-bond acceptors (Lipinski definition) is 4. The van der Waals surface area contributed by atoms with Gasteiger partial charge in [-0.2, -0.15) is 5.10 Å². The second-order valence-corrected chi connectivity index (χ2v) is 9.13. The summed E-state index contributed by atoms with van der Waals surface area (Å²) >= 11 is 7.50. The largest absolute Gasteiger partial charge is 0.403 e. The number of hydrogen-bond donors (Lipinski definition) is 0. The SMILES string of the molecule is Cc1ccc(C(=O)Oc2c(Sc3ccc(Cl)cc3)c(C)nn2C(C)(C)C)cc1. The van der Waals surface area contributed by atoms with Crippen molar-refractivity contribution in [3.8, 4) is 5.88 Å². The van der Waals surface area contributed by atoms with Crippen LogP contribution in [0.5, 0.6) is 5.88 Å². The molecule has 0 bridgehead atoms. The minimum atomic E-state index is -0.400. The number of carbonyl (C=O) groups is 1. The lowest BCUT2D eigenvalue weighted by molar-refractivity contribution is 0.0704. The highest BCUT2D eigenvalue weighted by Gasteiger charge is 2.27. The number of nitrogens with zero attached hydrogens (tertiary/aromatic N) is 2. The summed E-state index contributed by atoms with van der Waals surface area (Å²) in [6, 6.07) is 14.9. The molecular formula is C22H23ClN2O2S. The summed E-state index contributed by atoms with van der Waals surface area (Å²) in [6.45, 7) is 9.98. The third-order valence-electron chi connectivity index (χ3n) is 4.11. The van der Waals surface area contributed by atoms with Crippen molar-refractivity contribution in [2.45, 2.75) is 49.9 Å². The molecule has 0 aliphatic rings. The number of esters is 1. The maximum Gasteiger partial charge on any atom is 0.344 e. The van der Waals surface area contributed by atoms with Crippen molar-refractivity contribution in [1.29, 1.82) is 0 Å². The molecule has 0 aliphatic carbocycles. The van der Waals surface area contributed by atoms with Crippen molar-refractivity contribution in [1.82, 2.24) is 9.78 Å². The fraction of sp³-hybridized carbons (Fsp3) is 0.273. The fourth-order valence-corrected chi connectivity index (χ4v) is 3.65. The van der Waals surface area contributed by atoms with Gasteiger partial charge in [0.15, 0.2) is 0 Å². The third kappa shape index (κ3) is 4.59. The first-order valence-electron chi connectivity index (χ1n) is 8.97. The zero-order valence-electron chi connectivity index (χ0n) is 16.6. The Morgan fingerprint density at radius 2 is 1.64 bits per heavy atom. The van der Waals surface area contributed by atoms with Crippen molar-refractivity contribution in [2.75, 3.05) is 0 Å². The van der Waals surface area contributed by atoms with E-state index in [1.54, 1.807) is 16.8 Å². The Bertz CT molecular complexity index is 987. The van der Waals surface area contributed by atoms with Crippen molar-refractivity contribution in [2.24, 2.45) is 0 Å². The topological polar surface area (TPSA) is 44.1 Å². The number of aryl methyl sites for hydroxylation is 2. The van der Waals surface area contributed by atoms with Crippen LogP contribution < -0.4 is 4.74 Å². The molecule has 0 saturated heterocycles. The van der Waals surface area contributed by atoms with E-state index in [-0.39, 0.29) is 5.54 Å². The molecule has 0 amide bonds. The molecule has 0 N–H and O–H groups in total. The second kappa shape index (κ2) is 8.02. The van der Waals surface area contributed by atoms with E-state index in [0.29, 0.717) is 16.5 Å². The number of aromatic nitrogens is 2. The van der Waals surface area contributed by atoms with Crippen LogP contribution in [0.1, 0.15) is 42.4 Å². The molecule has 1 aromatic heterocycles. The standard InChI is InChI=1S/C22H23ClN2O2S/c1-14-6-8-16(9-7-14)21(26)27-20-19(15(2)24-25(20)22(3,4)5)28-18-12-10-17(23)11-13-18/h6-13H,1-5H3. The number of rotatable bonds is 4. The molecular weight excluding hydrogens is 392 g/mol. The molecule has 0 unspecified atom stereocenters. The Hall–Kier alpha value is -2.24. The van der Waals surface area contributed by atoms with Gasteiger partial charge in [0.1, 0.15) is 0 Å². The zero-order chi connectivity index (χ0) is 20.5. The van der Waals surface area contributed by atoms with E-state index < -0.39 is 5.97 Å². The number of halogens is 1. The van der Waals surface area contributed by atoms with Gasteiger partial charge in [-0.3, -0.25) is 0 Å². The maximum absolute atomic E-state index is 12.8. The van der Waals surface area contributed by atoms with Gasteiger partial charge in [-0.05, 0) is 71.0 Å². The smallest absolute Gasteiger partial charge is 0.344 e. The van der Waals surface area contributed by atoms with Crippen molar-refractivity contribution < 1.29 is 9.53 Å². The summed E-state index contributed by atoms with van der Waals surface area (Å²) in [6.07, 6.45) is 0. The maximum atomic E-state index is 12.8. The molecule has 28 heavy (non-hydrogen) atoms. The highest BCUT2D eigenvalue weighted by atomic mass is 35.5. The highest BCUT2D eigenvalue weighted by Crippen LogP contribution is 2.40. The van der Waals surface area contributed by atoms with Crippen LogP contribution in [0.2, 0.25) is 5.02 Å². The molecule has 1 heterocycles. The van der Waals surface area contributed by atoms with Gasteiger partial charge in [-0.15, -0.1) is 0 Å². The molecule has 6 heteroatoms. The van der Waals surface area contributed by atoms with Gasteiger partial charge in [-0.1, -0.05) is 41.1 Å². The van der Waals surface area contributed by atoms with Gasteiger partial charge in [-0.25, -0.2) is 9.48 Å². The summed E-state index contributed by atoms with van der Waals surface area (Å²) in [7, 11) is 0. The Labute approximate surface area is 174 Å². The first-order chi connectivity index (χ1) is 13.1. The van der Waals surface area contributed by atoms with Gasteiger partial charge in [0.2, 0.25) is 5.88 Å². The van der Waals surface area contributed by atoms with Crippen molar-refractivity contribution >= 4 is 29.3 Å². The number of carbonyl (C=O) groups excluding carboxylic acids is 1. The monoisotopic (exact) mass is 414 g/mol. The summed E-state index contributed by atoms with van der Waals surface area (Å²) in [5.74, 6) is 0.0545. The summed E-state index contributed by atoms with van der Waals surface area (Å²) in [5, 5.41) is 5.33. The van der Waals surface area contributed by atoms with Crippen LogP contribution in [0.25, 0.3) is 0 Å². The average Bonchev–Trinajstić information content (AvgIpc) is 2.94. The quantitative estimate of drug-likeness (QED) is 0.471. The first kappa shape index (κ1) is 20.5. The number of benzene rings is 2. The van der Waals surface area contributed by atoms with E-state index in [0.717, 1.165) is 21.0 Å². The van der Waals surface area contributed by atoms with E-state index in [2.05, 4.69) is 5.10 Å². The van der Waals surface area contributed by atoms with Crippen LogP contribution in [-0.4, -0.2) is 15.7 Å². The summed E-state index contributed by atoms with van der Waals surface area (Å²) in [5.41, 5.74) is 2.06. The predicted octanol–water partition coefficient (Wildman–Crippen LogP) is 6.28. The first-order valence-corrected chi connectivity index (χ1v) is 10.2. The van der Waals surface area contributed by atoms with Crippen LogP contribution in [-0.2, 0) is 5.54 Å². The van der Waals surface area contributed by atoms with Gasteiger partial charge < -0.3 is 4.74 Å². The van der Waals surface area contributed by atoms with E-state index in [1.807, 2.05) is 71.0 Å². The molecule has 3 aromatic rings. The van der Waals surface area contributed by atoms with Crippen molar-refractivity contribution in [3.63, 3.8) is 0 Å². The van der Waals surface area contributed by atoms with Gasteiger partial charge in [0.05, 0.1) is 21.7 Å². The van der Waals surface area contributed by atoms with Gasteiger partial charge in [0.25, 0.3) is 0 Å². The highest BCUT2D eigenvalue weighted by molar-refractivity contribution is 7.99. The minimum absolute atomic E-state index is 0.341. The Kier molecular flexibility index (Phi) is 5.87. The summed E-state index contributed by atoms with van der Waals surface area (Å²) < 4.78 is 7.63. The normalized spacial score (nSPS) is 11.5. The molecule has 0 spiro atoms. The van der Waals surface area contributed by atoms with E-state index >= 15 is 0 Å². The van der Waals surface area contributed by atoms with E-state index in [9.17, 15) is 4.79 Å². The van der Waals surface area contributed by atoms with Crippen LogP contribution in [0.3, 0.4) is 0 Å². The van der Waals surface area contributed by atoms with Crippen molar-refractivity contribution in [3.05, 3.63) is 70.4 Å². The second-order valence-electron chi connectivity index (χ2n) is 7.61. The minimum Gasteiger partial charge on any atom is -0.403 e. The van der Waals surface area contributed by atoms with Gasteiger partial charge in [0, 0.05) is 9.92 Å². The van der Waals surface area contributed by atoms with E-state index in [4.69, 9.17) is 16.3 Å². The van der Waals surface area contributed by atoms with Crippen LogP contribution >= 0.6 is 23.4 Å². The van der Waals surface area contributed by atoms with Crippen LogP contribution in [0.15, 0.2) is 58.3 Å². The molecule has 0 aliphatic heterocycles. The van der Waals surface area contributed by atoms with E-state index in [1.165, 1.54) is 11.8 Å². The number of ether oxygens (including phenoxy) is 1. The Balaban J connectivity index is 2.00. The summed E-state index contributed by atoms with van der Waals surface area (Å²) in [4.78, 5) is 14.6. The molecule has 0 radical (unpaired) electrons. The molecule has 146 valence electrons. The molecule has 0 atom stereocenters. The van der Waals surface area contributed by atoms with Crippen LogP contribution in [0, 0.1) is 13.8 Å². The van der Waals surface area contributed by atoms with Gasteiger partial charge >= 0.3 is 5.97 Å². The Morgan fingerprint density at radius 1 is 1.04 bits per heavy atom. The lowest BCUT2D eigenvalue weighted by Crippen LogP contribution is -2.25. The average molecular weight is 415 g/mol. The third-order valence-corrected chi connectivity index (χ3v) is 5.54. The molecule has 4 nitrogen and oxygen atoms in total.